The molecule has 0 aromatic carbocycles. The van der Waals surface area contributed by atoms with Crippen molar-refractivity contribution in [1.29, 1.82) is 0 Å². The molecule has 1 aromatic heterocycles. The number of amides is 1. The molecule has 1 saturated carbocycles. The molecule has 1 aliphatic rings. The lowest BCUT2D eigenvalue weighted by Crippen LogP contribution is -2.35. The zero-order valence-electron chi connectivity index (χ0n) is 10.5. The van der Waals surface area contributed by atoms with E-state index in [0.717, 1.165) is 31.4 Å². The van der Waals surface area contributed by atoms with E-state index >= 15 is 0 Å². The Bertz CT molecular complexity index is 424. The minimum atomic E-state index is -0.783. The van der Waals surface area contributed by atoms with Crippen molar-refractivity contribution in [3.63, 3.8) is 0 Å². The van der Waals surface area contributed by atoms with Gasteiger partial charge in [0.1, 0.15) is 5.76 Å². The SMILES string of the molecule is CN(Cc1ccc(Br)o1)C(=O)CC1(O)CCCC1. The average Bonchev–Trinajstić information content (AvgIpc) is 2.88. The highest BCUT2D eigenvalue weighted by Gasteiger charge is 2.34. The first-order chi connectivity index (χ1) is 8.48. The smallest absolute Gasteiger partial charge is 0.225 e. The van der Waals surface area contributed by atoms with E-state index in [1.54, 1.807) is 18.0 Å². The number of carbonyl (C=O) groups is 1. The largest absolute Gasteiger partial charge is 0.452 e. The zero-order chi connectivity index (χ0) is 13.2. The summed E-state index contributed by atoms with van der Waals surface area (Å²) in [4.78, 5) is 13.6. The van der Waals surface area contributed by atoms with Crippen LogP contribution in [0.25, 0.3) is 0 Å². The van der Waals surface area contributed by atoms with E-state index in [1.165, 1.54) is 0 Å². The van der Waals surface area contributed by atoms with Crippen molar-refractivity contribution in [3.05, 3.63) is 22.6 Å². The molecule has 18 heavy (non-hydrogen) atoms. The lowest BCUT2D eigenvalue weighted by Gasteiger charge is -2.24. The summed E-state index contributed by atoms with van der Waals surface area (Å²) in [5, 5.41) is 10.2. The number of hydrogen-bond donors (Lipinski definition) is 1. The molecular formula is C13H18BrNO3. The highest BCUT2D eigenvalue weighted by molar-refractivity contribution is 9.10. The second-order valence-corrected chi connectivity index (χ2v) is 5.85. The molecule has 2 rings (SSSR count). The molecule has 1 N–H and O–H groups in total. The van der Waals surface area contributed by atoms with Crippen molar-refractivity contribution in [3.8, 4) is 0 Å². The molecule has 0 saturated heterocycles. The minimum absolute atomic E-state index is 0.0353. The number of nitrogens with zero attached hydrogens (tertiary/aromatic N) is 1. The Labute approximate surface area is 115 Å². The highest BCUT2D eigenvalue weighted by atomic mass is 79.9. The molecule has 0 spiro atoms. The summed E-state index contributed by atoms with van der Waals surface area (Å²) in [5.41, 5.74) is -0.783. The van der Waals surface area contributed by atoms with Crippen LogP contribution in [-0.2, 0) is 11.3 Å². The third-order valence-electron chi connectivity index (χ3n) is 3.46. The van der Waals surface area contributed by atoms with E-state index in [9.17, 15) is 9.90 Å². The van der Waals surface area contributed by atoms with Gasteiger partial charge in [-0.2, -0.15) is 0 Å². The molecular weight excluding hydrogens is 298 g/mol. The number of rotatable bonds is 4. The maximum Gasteiger partial charge on any atom is 0.225 e. The lowest BCUT2D eigenvalue weighted by molar-refractivity contribution is -0.135. The molecule has 0 bridgehead atoms. The number of hydrogen-bond acceptors (Lipinski definition) is 3. The van der Waals surface area contributed by atoms with Crippen LogP contribution in [0.4, 0.5) is 0 Å². The van der Waals surface area contributed by atoms with Gasteiger partial charge in [-0.05, 0) is 40.9 Å². The Morgan fingerprint density at radius 1 is 1.50 bits per heavy atom. The topological polar surface area (TPSA) is 53.7 Å². The second-order valence-electron chi connectivity index (χ2n) is 5.06. The van der Waals surface area contributed by atoms with Gasteiger partial charge in [0.05, 0.1) is 18.6 Å². The van der Waals surface area contributed by atoms with Crippen molar-refractivity contribution < 1.29 is 14.3 Å². The lowest BCUT2D eigenvalue weighted by atomic mass is 9.97. The average molecular weight is 316 g/mol. The van der Waals surface area contributed by atoms with Gasteiger partial charge in [-0.15, -0.1) is 0 Å². The van der Waals surface area contributed by atoms with Crippen LogP contribution in [-0.4, -0.2) is 28.6 Å². The quantitative estimate of drug-likeness (QED) is 0.929. The molecule has 0 atom stereocenters. The van der Waals surface area contributed by atoms with Gasteiger partial charge in [-0.3, -0.25) is 4.79 Å². The summed E-state index contributed by atoms with van der Waals surface area (Å²) in [5.74, 6) is 0.697. The van der Waals surface area contributed by atoms with Crippen molar-refractivity contribution in [2.45, 2.75) is 44.2 Å². The van der Waals surface area contributed by atoms with Crippen LogP contribution < -0.4 is 0 Å². The van der Waals surface area contributed by atoms with Crippen molar-refractivity contribution in [2.24, 2.45) is 0 Å². The normalized spacial score (nSPS) is 17.9. The first-order valence-electron chi connectivity index (χ1n) is 6.19. The Balaban J connectivity index is 1.88. The monoisotopic (exact) mass is 315 g/mol. The Hall–Kier alpha value is -0.810. The van der Waals surface area contributed by atoms with E-state index in [-0.39, 0.29) is 12.3 Å². The summed E-state index contributed by atoms with van der Waals surface area (Å²) < 4.78 is 6.02. The van der Waals surface area contributed by atoms with Crippen LogP contribution in [0, 0.1) is 0 Å². The van der Waals surface area contributed by atoms with E-state index in [4.69, 9.17) is 4.42 Å². The fourth-order valence-corrected chi connectivity index (χ4v) is 2.73. The Morgan fingerprint density at radius 3 is 2.72 bits per heavy atom. The predicted octanol–water partition coefficient (Wildman–Crippen LogP) is 2.70. The van der Waals surface area contributed by atoms with Crippen LogP contribution in [0.3, 0.4) is 0 Å². The first-order valence-corrected chi connectivity index (χ1v) is 6.98. The van der Waals surface area contributed by atoms with Gasteiger partial charge in [0, 0.05) is 7.05 Å². The van der Waals surface area contributed by atoms with Crippen LogP contribution >= 0.6 is 15.9 Å². The van der Waals surface area contributed by atoms with Crippen LogP contribution in [0.2, 0.25) is 0 Å². The van der Waals surface area contributed by atoms with Crippen LogP contribution in [0.1, 0.15) is 37.9 Å². The zero-order valence-corrected chi connectivity index (χ0v) is 12.1. The van der Waals surface area contributed by atoms with E-state index in [0.29, 0.717) is 11.2 Å². The van der Waals surface area contributed by atoms with E-state index in [1.807, 2.05) is 6.07 Å². The molecule has 4 nitrogen and oxygen atoms in total. The predicted molar refractivity (Wildman–Crippen MR) is 70.9 cm³/mol. The van der Waals surface area contributed by atoms with Crippen molar-refractivity contribution in [2.75, 3.05) is 7.05 Å². The fraction of sp³-hybridized carbons (Fsp3) is 0.615. The first kappa shape index (κ1) is 13.6. The van der Waals surface area contributed by atoms with Gasteiger partial charge >= 0.3 is 0 Å². The van der Waals surface area contributed by atoms with E-state index in [2.05, 4.69) is 15.9 Å². The van der Waals surface area contributed by atoms with Gasteiger partial charge < -0.3 is 14.4 Å². The summed E-state index contributed by atoms with van der Waals surface area (Å²) >= 11 is 3.23. The fourth-order valence-electron chi connectivity index (χ4n) is 2.38. The number of halogens is 1. The summed E-state index contributed by atoms with van der Waals surface area (Å²) in [6.45, 7) is 0.431. The molecule has 0 radical (unpaired) electrons. The van der Waals surface area contributed by atoms with Crippen LogP contribution in [0.15, 0.2) is 21.2 Å². The summed E-state index contributed by atoms with van der Waals surface area (Å²) in [6, 6.07) is 3.64. The van der Waals surface area contributed by atoms with Crippen molar-refractivity contribution in [1.82, 2.24) is 4.90 Å². The highest BCUT2D eigenvalue weighted by Crippen LogP contribution is 2.32. The number of carbonyl (C=O) groups excluding carboxylic acids is 1. The molecule has 0 aliphatic heterocycles. The molecule has 5 heteroatoms. The molecule has 1 aliphatic carbocycles. The van der Waals surface area contributed by atoms with E-state index < -0.39 is 5.60 Å². The van der Waals surface area contributed by atoms with Gasteiger partial charge in [-0.1, -0.05) is 12.8 Å². The Kier molecular flexibility index (Phi) is 4.12. The molecule has 0 unspecified atom stereocenters. The maximum absolute atomic E-state index is 12.0. The second kappa shape index (κ2) is 5.45. The molecule has 1 aromatic rings. The Morgan fingerprint density at radius 2 is 2.17 bits per heavy atom. The molecule has 1 fully saturated rings. The number of aliphatic hydroxyl groups is 1. The number of furan rings is 1. The standard InChI is InChI=1S/C13H18BrNO3/c1-15(9-10-4-5-11(14)18-10)12(16)8-13(17)6-2-3-7-13/h4-5,17H,2-3,6-9H2,1H3. The van der Waals surface area contributed by atoms with Crippen LogP contribution in [0.5, 0.6) is 0 Å². The van der Waals surface area contributed by atoms with Gasteiger partial charge in [0.25, 0.3) is 0 Å². The maximum atomic E-state index is 12.0. The summed E-state index contributed by atoms with van der Waals surface area (Å²) in [6.07, 6.45) is 3.71. The molecule has 1 heterocycles. The van der Waals surface area contributed by atoms with Gasteiger partial charge in [-0.25, -0.2) is 0 Å². The summed E-state index contributed by atoms with van der Waals surface area (Å²) in [7, 11) is 1.73. The minimum Gasteiger partial charge on any atom is -0.452 e. The van der Waals surface area contributed by atoms with Gasteiger partial charge in [0.2, 0.25) is 5.91 Å². The van der Waals surface area contributed by atoms with Crippen molar-refractivity contribution >= 4 is 21.8 Å². The van der Waals surface area contributed by atoms with Gasteiger partial charge in [0.15, 0.2) is 4.67 Å². The third kappa shape index (κ3) is 3.36. The molecule has 100 valence electrons. The third-order valence-corrected chi connectivity index (χ3v) is 3.89. The molecule has 1 amide bonds.